The van der Waals surface area contributed by atoms with E-state index in [1.54, 1.807) is 12.1 Å². The zero-order chi connectivity index (χ0) is 17.7. The van der Waals surface area contributed by atoms with Crippen molar-refractivity contribution in [3.63, 3.8) is 0 Å². The van der Waals surface area contributed by atoms with Gasteiger partial charge in [0.25, 0.3) is 11.8 Å². The molecule has 4 amide bonds. The number of carboxylic acid groups (broad SMARTS) is 1. The van der Waals surface area contributed by atoms with Gasteiger partial charge in [0.1, 0.15) is 17.9 Å². The summed E-state index contributed by atoms with van der Waals surface area (Å²) in [5.41, 5.74) is 0.200. The van der Waals surface area contributed by atoms with Crippen LogP contribution in [0.1, 0.15) is 5.56 Å². The normalized spacial score (nSPS) is 16.1. The molecule has 0 saturated carbocycles. The predicted octanol–water partition coefficient (Wildman–Crippen LogP) is -0.537. The van der Waals surface area contributed by atoms with Crippen LogP contribution in [0.25, 0.3) is 6.08 Å². The molecule has 0 aliphatic carbocycles. The molecule has 1 aliphatic rings. The Morgan fingerprint density at radius 1 is 1.33 bits per heavy atom. The van der Waals surface area contributed by atoms with E-state index in [0.717, 1.165) is 4.90 Å². The van der Waals surface area contributed by atoms with Crippen LogP contribution >= 0.6 is 0 Å². The molecule has 24 heavy (non-hydrogen) atoms. The highest BCUT2D eigenvalue weighted by atomic mass is 16.5. The van der Waals surface area contributed by atoms with E-state index in [9.17, 15) is 24.3 Å². The summed E-state index contributed by atoms with van der Waals surface area (Å²) < 4.78 is 4.97. The van der Waals surface area contributed by atoms with E-state index < -0.39 is 30.4 Å². The van der Waals surface area contributed by atoms with Gasteiger partial charge in [-0.2, -0.15) is 0 Å². The minimum atomic E-state index is -1.38. The highest BCUT2D eigenvalue weighted by molar-refractivity contribution is 6.31. The second-order valence-corrected chi connectivity index (χ2v) is 4.75. The molecule has 0 radical (unpaired) electrons. The number of hydrogen-bond acceptors (Lipinski definition) is 6. The summed E-state index contributed by atoms with van der Waals surface area (Å²) in [4.78, 5) is 47.0. The Kier molecular flexibility index (Phi) is 5.10. The number of nitrogens with one attached hydrogen (secondary N) is 1. The number of imide groups is 2. The second-order valence-electron chi connectivity index (χ2n) is 4.75. The summed E-state index contributed by atoms with van der Waals surface area (Å²) in [5, 5.41) is 12.5. The maximum atomic E-state index is 12.3. The first-order valence-corrected chi connectivity index (χ1v) is 6.85. The summed E-state index contributed by atoms with van der Waals surface area (Å²) in [6, 6.07) is 5.31. The number of carboxylic acids is 1. The van der Waals surface area contributed by atoms with Gasteiger partial charge in [0.2, 0.25) is 0 Å². The van der Waals surface area contributed by atoms with Gasteiger partial charge < -0.3 is 14.6 Å². The summed E-state index contributed by atoms with van der Waals surface area (Å²) in [7, 11) is 0. The second kappa shape index (κ2) is 7.23. The highest BCUT2D eigenvalue weighted by Crippen LogP contribution is 2.18. The zero-order valence-corrected chi connectivity index (χ0v) is 12.5. The van der Waals surface area contributed by atoms with Crippen LogP contribution < -0.4 is 15.2 Å². The molecule has 1 aromatic rings. The van der Waals surface area contributed by atoms with Gasteiger partial charge in [-0.05, 0) is 23.8 Å². The number of nitrogens with zero attached hydrogens (tertiary/aromatic N) is 1. The molecule has 0 unspecified atom stereocenters. The first kappa shape index (κ1) is 16.9. The van der Waals surface area contributed by atoms with Crippen LogP contribution in [-0.2, 0) is 14.4 Å². The first-order chi connectivity index (χ1) is 11.4. The number of carbonyl (C=O) groups is 4. The highest BCUT2D eigenvalue weighted by Gasteiger charge is 2.34. The molecule has 1 saturated heterocycles. The Morgan fingerprint density at radius 3 is 2.75 bits per heavy atom. The number of rotatable bonds is 6. The fourth-order valence-corrected chi connectivity index (χ4v) is 1.99. The molecule has 8 nitrogen and oxygen atoms in total. The molecule has 124 valence electrons. The molecule has 0 spiro atoms. The lowest BCUT2D eigenvalue weighted by Crippen LogP contribution is -2.54. The van der Waals surface area contributed by atoms with Gasteiger partial charge in [-0.1, -0.05) is 18.2 Å². The van der Waals surface area contributed by atoms with E-state index in [-0.39, 0.29) is 17.9 Å². The lowest BCUT2D eigenvalue weighted by atomic mass is 10.1. The van der Waals surface area contributed by atoms with Gasteiger partial charge in [0, 0.05) is 6.54 Å². The molecular weight excluding hydrogens is 316 g/mol. The molecule has 1 aromatic carbocycles. The number of urea groups is 1. The lowest BCUT2D eigenvalue weighted by molar-refractivity contribution is -0.307. The van der Waals surface area contributed by atoms with E-state index in [2.05, 4.69) is 11.9 Å². The van der Waals surface area contributed by atoms with Crippen LogP contribution in [0.3, 0.4) is 0 Å². The molecule has 2 rings (SSSR count). The van der Waals surface area contributed by atoms with Gasteiger partial charge in [0.15, 0.2) is 0 Å². The van der Waals surface area contributed by atoms with Crippen molar-refractivity contribution in [2.75, 3.05) is 13.2 Å². The molecule has 0 atom stereocenters. The van der Waals surface area contributed by atoms with Gasteiger partial charge in [0.05, 0.1) is 5.97 Å². The maximum absolute atomic E-state index is 12.3. The van der Waals surface area contributed by atoms with Crippen molar-refractivity contribution in [3.8, 4) is 5.75 Å². The van der Waals surface area contributed by atoms with Crippen LogP contribution in [-0.4, -0.2) is 41.9 Å². The monoisotopic (exact) mass is 329 g/mol. The predicted molar refractivity (Wildman–Crippen MR) is 80.4 cm³/mol. The molecular formula is C16H13N2O6-. The van der Waals surface area contributed by atoms with Crippen molar-refractivity contribution in [2.24, 2.45) is 0 Å². The van der Waals surface area contributed by atoms with Crippen molar-refractivity contribution >= 4 is 29.9 Å². The molecule has 1 fully saturated rings. The minimum Gasteiger partial charge on any atom is -0.546 e. The van der Waals surface area contributed by atoms with Crippen molar-refractivity contribution in [2.45, 2.75) is 0 Å². The van der Waals surface area contributed by atoms with E-state index in [1.165, 1.54) is 24.3 Å². The largest absolute Gasteiger partial charge is 0.546 e. The third-order valence-electron chi connectivity index (χ3n) is 3.02. The van der Waals surface area contributed by atoms with E-state index in [4.69, 9.17) is 4.74 Å². The van der Waals surface area contributed by atoms with E-state index >= 15 is 0 Å². The van der Waals surface area contributed by atoms with Gasteiger partial charge in [-0.15, -0.1) is 6.58 Å². The number of barbiturate groups is 1. The number of ether oxygens (including phenoxy) is 1. The smallest absolute Gasteiger partial charge is 0.331 e. The summed E-state index contributed by atoms with van der Waals surface area (Å²) >= 11 is 0. The maximum Gasteiger partial charge on any atom is 0.331 e. The number of aliphatic carboxylic acids is 1. The van der Waals surface area contributed by atoms with Gasteiger partial charge in [-0.3, -0.25) is 19.8 Å². The van der Waals surface area contributed by atoms with Crippen LogP contribution in [0.5, 0.6) is 5.75 Å². The topological polar surface area (TPSA) is 116 Å². The Balaban J connectivity index is 2.28. The average molecular weight is 329 g/mol. The summed E-state index contributed by atoms with van der Waals surface area (Å²) in [6.45, 7) is 2.79. The van der Waals surface area contributed by atoms with E-state index in [1.807, 2.05) is 0 Å². The summed E-state index contributed by atoms with van der Waals surface area (Å²) in [6.07, 6.45) is 2.64. The number of hydrogen-bond donors (Lipinski definition) is 1. The van der Waals surface area contributed by atoms with Crippen LogP contribution in [0.15, 0.2) is 42.5 Å². The minimum absolute atomic E-state index is 0.0376. The molecule has 0 aromatic heterocycles. The van der Waals surface area contributed by atoms with Crippen molar-refractivity contribution in [1.82, 2.24) is 10.2 Å². The molecule has 1 heterocycles. The Morgan fingerprint density at radius 2 is 2.08 bits per heavy atom. The van der Waals surface area contributed by atoms with Gasteiger partial charge >= 0.3 is 6.03 Å². The SMILES string of the molecule is C=CCN1C(=O)NC(=O)/C(=C\c2cccc(OCC(=O)[O-])c2)C1=O. The third-order valence-corrected chi connectivity index (χ3v) is 3.02. The van der Waals surface area contributed by atoms with Crippen LogP contribution in [0.4, 0.5) is 4.79 Å². The lowest BCUT2D eigenvalue weighted by Gasteiger charge is -2.25. The number of amides is 4. The fourth-order valence-electron chi connectivity index (χ4n) is 1.99. The molecule has 0 bridgehead atoms. The van der Waals surface area contributed by atoms with Crippen molar-refractivity contribution in [1.29, 1.82) is 0 Å². The van der Waals surface area contributed by atoms with Crippen LogP contribution in [0.2, 0.25) is 0 Å². The Labute approximate surface area is 137 Å². The molecule has 1 aliphatic heterocycles. The van der Waals surface area contributed by atoms with Crippen LogP contribution in [0, 0.1) is 0 Å². The first-order valence-electron chi connectivity index (χ1n) is 6.85. The fraction of sp³-hybridized carbons (Fsp3) is 0.125. The Hall–Kier alpha value is -3.42. The summed E-state index contributed by atoms with van der Waals surface area (Å²) in [5.74, 6) is -2.70. The quantitative estimate of drug-likeness (QED) is 0.426. The zero-order valence-electron chi connectivity index (χ0n) is 12.5. The van der Waals surface area contributed by atoms with Crippen molar-refractivity contribution < 1.29 is 29.0 Å². The molecule has 1 N–H and O–H groups in total. The van der Waals surface area contributed by atoms with Crippen molar-refractivity contribution in [3.05, 3.63) is 48.1 Å². The Bertz CT molecular complexity index is 753. The third kappa shape index (κ3) is 3.86. The number of carbonyl (C=O) groups excluding carboxylic acids is 4. The van der Waals surface area contributed by atoms with E-state index in [0.29, 0.717) is 5.56 Å². The standard InChI is InChI=1S/C16H14N2O6/c1-2-6-18-15(22)12(14(21)17-16(18)23)8-10-4-3-5-11(7-10)24-9-13(19)20/h2-5,7-8H,1,6,9H2,(H,19,20)(H,17,21,23)/p-1/b12-8+. The average Bonchev–Trinajstić information content (AvgIpc) is 2.54. The number of benzene rings is 1. The van der Waals surface area contributed by atoms with Gasteiger partial charge in [-0.25, -0.2) is 4.79 Å². The molecule has 8 heteroatoms.